The molecule has 0 aliphatic heterocycles. The third-order valence-corrected chi connectivity index (χ3v) is 4.65. The molecule has 0 heterocycles. The van der Waals surface area contributed by atoms with Crippen LogP contribution in [-0.4, -0.2) is 23.9 Å². The fourth-order valence-electron chi connectivity index (χ4n) is 2.95. The number of hydrogen-bond acceptors (Lipinski definition) is 7. The highest BCUT2D eigenvalue weighted by Crippen LogP contribution is 2.30. The molecule has 0 fully saturated rings. The molecule has 0 bridgehead atoms. The summed E-state index contributed by atoms with van der Waals surface area (Å²) in [5.74, 6) is -1.09. The maximum atomic E-state index is 12.4. The van der Waals surface area contributed by atoms with Gasteiger partial charge in [0.1, 0.15) is 11.6 Å². The minimum Gasteiger partial charge on any atom is -0.493 e. The van der Waals surface area contributed by atoms with E-state index >= 15 is 0 Å². The summed E-state index contributed by atoms with van der Waals surface area (Å²) in [5.41, 5.74) is 1.01. The molecule has 0 aliphatic rings. The second-order valence-corrected chi connectivity index (χ2v) is 6.95. The first kappa shape index (κ1) is 23.7. The number of non-ortho nitro benzene ring substituents is 1. The molecule has 0 saturated heterocycles. The molecule has 170 valence electrons. The molecule has 0 unspecified atom stereocenters. The maximum absolute atomic E-state index is 12.4. The van der Waals surface area contributed by atoms with E-state index in [-0.39, 0.29) is 34.9 Å². The van der Waals surface area contributed by atoms with Gasteiger partial charge in [0.15, 0.2) is 11.5 Å². The van der Waals surface area contributed by atoms with Crippen LogP contribution < -0.4 is 14.8 Å². The van der Waals surface area contributed by atoms with Crippen LogP contribution in [0.4, 0.5) is 5.69 Å². The van der Waals surface area contributed by atoms with Gasteiger partial charge in [-0.2, -0.15) is 5.26 Å². The van der Waals surface area contributed by atoms with Gasteiger partial charge in [-0.15, -0.1) is 0 Å². The molecule has 0 spiro atoms. The third-order valence-electron chi connectivity index (χ3n) is 4.65. The van der Waals surface area contributed by atoms with Gasteiger partial charge in [-0.25, -0.2) is 4.79 Å². The minimum atomic E-state index is -0.803. The normalized spacial score (nSPS) is 10.6. The summed E-state index contributed by atoms with van der Waals surface area (Å²) in [6.07, 6.45) is 1.38. The van der Waals surface area contributed by atoms with E-state index in [9.17, 15) is 25.0 Å². The first-order valence-electron chi connectivity index (χ1n) is 10.00. The lowest BCUT2D eigenvalue weighted by Gasteiger charge is -2.10. The molecule has 0 atom stereocenters. The number of nitrogens with one attached hydrogen (secondary N) is 1. The van der Waals surface area contributed by atoms with Crippen molar-refractivity contribution in [2.75, 3.05) is 7.11 Å². The van der Waals surface area contributed by atoms with Crippen molar-refractivity contribution in [1.82, 2.24) is 5.32 Å². The summed E-state index contributed by atoms with van der Waals surface area (Å²) >= 11 is 0. The van der Waals surface area contributed by atoms with Crippen LogP contribution in [-0.2, 0) is 11.3 Å². The number of nitrogens with zero attached hydrogens (tertiary/aromatic N) is 2. The van der Waals surface area contributed by atoms with Gasteiger partial charge in [0.05, 0.1) is 17.6 Å². The highest BCUT2D eigenvalue weighted by Gasteiger charge is 2.16. The van der Waals surface area contributed by atoms with E-state index in [0.29, 0.717) is 5.56 Å². The number of carbonyl (C=O) groups is 2. The maximum Gasteiger partial charge on any atom is 0.343 e. The topological polar surface area (TPSA) is 132 Å². The second-order valence-electron chi connectivity index (χ2n) is 6.95. The Bertz CT molecular complexity index is 1300. The molecule has 3 rings (SSSR count). The summed E-state index contributed by atoms with van der Waals surface area (Å²) in [7, 11) is 1.37. The molecule has 3 aromatic rings. The molecule has 34 heavy (non-hydrogen) atoms. The number of esters is 1. The Morgan fingerprint density at radius 3 is 2.50 bits per heavy atom. The largest absolute Gasteiger partial charge is 0.493 e. The Kier molecular flexibility index (Phi) is 7.71. The summed E-state index contributed by atoms with van der Waals surface area (Å²) in [6.45, 7) is 0.272. The number of nitro benzene ring substituents is 1. The Morgan fingerprint density at radius 2 is 1.82 bits per heavy atom. The Morgan fingerprint density at radius 1 is 1.06 bits per heavy atom. The summed E-state index contributed by atoms with van der Waals surface area (Å²) in [5, 5.41) is 23.0. The average Bonchev–Trinajstić information content (AvgIpc) is 2.87. The molecular weight excluding hydrogens is 438 g/mol. The van der Waals surface area contributed by atoms with Gasteiger partial charge >= 0.3 is 5.97 Å². The Hall–Kier alpha value is -4.97. The fraction of sp³-hybridized carbons (Fsp3) is 0.0800. The number of ether oxygens (including phenoxy) is 2. The number of nitro groups is 1. The lowest BCUT2D eigenvalue weighted by molar-refractivity contribution is -0.384. The van der Waals surface area contributed by atoms with Crippen LogP contribution in [0.25, 0.3) is 6.08 Å². The van der Waals surface area contributed by atoms with E-state index in [2.05, 4.69) is 5.32 Å². The van der Waals surface area contributed by atoms with Crippen molar-refractivity contribution in [1.29, 1.82) is 5.26 Å². The summed E-state index contributed by atoms with van der Waals surface area (Å²) in [6, 6.07) is 20.8. The summed E-state index contributed by atoms with van der Waals surface area (Å²) in [4.78, 5) is 35.1. The number of nitriles is 1. The van der Waals surface area contributed by atoms with Crippen molar-refractivity contribution in [3.63, 3.8) is 0 Å². The number of rotatable bonds is 8. The van der Waals surface area contributed by atoms with Crippen LogP contribution in [0.15, 0.2) is 78.4 Å². The van der Waals surface area contributed by atoms with Gasteiger partial charge in [0.25, 0.3) is 11.6 Å². The lowest BCUT2D eigenvalue weighted by atomic mass is 10.1. The van der Waals surface area contributed by atoms with Crippen molar-refractivity contribution in [2.45, 2.75) is 6.54 Å². The van der Waals surface area contributed by atoms with E-state index in [1.54, 1.807) is 6.07 Å². The Balaban J connectivity index is 1.75. The van der Waals surface area contributed by atoms with E-state index in [1.807, 2.05) is 36.4 Å². The Labute approximate surface area is 195 Å². The first-order valence-corrected chi connectivity index (χ1v) is 10.00. The smallest absolute Gasteiger partial charge is 0.343 e. The first-order chi connectivity index (χ1) is 16.4. The predicted octanol–water partition coefficient (Wildman–Crippen LogP) is 4.05. The van der Waals surface area contributed by atoms with Crippen molar-refractivity contribution in [3.8, 4) is 17.6 Å². The highest BCUT2D eigenvalue weighted by molar-refractivity contribution is 6.01. The SMILES string of the molecule is COc1cc(/C=C(\C#N)C(=O)NCc2ccccc2)ccc1OC(=O)c1cccc([N+](=O)[O-])c1. The monoisotopic (exact) mass is 457 g/mol. The van der Waals surface area contributed by atoms with Gasteiger partial charge < -0.3 is 14.8 Å². The van der Waals surface area contributed by atoms with E-state index in [4.69, 9.17) is 9.47 Å². The molecule has 1 N–H and O–H groups in total. The minimum absolute atomic E-state index is 0.00193. The molecule has 9 heteroatoms. The van der Waals surface area contributed by atoms with Crippen LogP contribution in [0.1, 0.15) is 21.5 Å². The quantitative estimate of drug-likeness (QED) is 0.135. The van der Waals surface area contributed by atoms with Crippen LogP contribution in [0.3, 0.4) is 0 Å². The van der Waals surface area contributed by atoms with Gasteiger partial charge in [0, 0.05) is 18.7 Å². The molecule has 3 aromatic carbocycles. The van der Waals surface area contributed by atoms with E-state index in [1.165, 1.54) is 43.5 Å². The zero-order chi connectivity index (χ0) is 24.5. The summed E-state index contributed by atoms with van der Waals surface area (Å²) < 4.78 is 10.6. The van der Waals surface area contributed by atoms with E-state index in [0.717, 1.165) is 11.6 Å². The number of hydrogen-bond donors (Lipinski definition) is 1. The van der Waals surface area contributed by atoms with Crippen molar-refractivity contribution < 1.29 is 24.0 Å². The second kappa shape index (κ2) is 11.1. The predicted molar refractivity (Wildman–Crippen MR) is 123 cm³/mol. The number of amides is 1. The van der Waals surface area contributed by atoms with E-state index < -0.39 is 16.8 Å². The van der Waals surface area contributed by atoms with Crippen molar-refractivity contribution in [3.05, 3.63) is 105 Å². The van der Waals surface area contributed by atoms with Crippen molar-refractivity contribution in [2.24, 2.45) is 0 Å². The zero-order valence-corrected chi connectivity index (χ0v) is 18.1. The van der Waals surface area contributed by atoms with Gasteiger partial charge in [-0.05, 0) is 35.4 Å². The molecule has 0 aromatic heterocycles. The standard InChI is InChI=1S/C25H19N3O6/c1-33-23-13-18(12-20(15-26)24(29)27-16-17-6-3-2-4-7-17)10-11-22(23)34-25(30)19-8-5-9-21(14-19)28(31)32/h2-14H,16H2,1H3,(H,27,29)/b20-12+. The molecule has 0 saturated carbocycles. The molecule has 0 radical (unpaired) electrons. The zero-order valence-electron chi connectivity index (χ0n) is 18.1. The van der Waals surface area contributed by atoms with Gasteiger partial charge in [-0.3, -0.25) is 14.9 Å². The van der Waals surface area contributed by atoms with Crippen LogP contribution >= 0.6 is 0 Å². The van der Waals surface area contributed by atoms with Crippen molar-refractivity contribution >= 4 is 23.6 Å². The average molecular weight is 457 g/mol. The van der Waals surface area contributed by atoms with Gasteiger partial charge in [-0.1, -0.05) is 42.5 Å². The van der Waals surface area contributed by atoms with Crippen LogP contribution in [0.5, 0.6) is 11.5 Å². The number of benzene rings is 3. The highest BCUT2D eigenvalue weighted by atomic mass is 16.6. The fourth-order valence-corrected chi connectivity index (χ4v) is 2.95. The molecule has 9 nitrogen and oxygen atoms in total. The number of methoxy groups -OCH3 is 1. The molecule has 0 aliphatic carbocycles. The van der Waals surface area contributed by atoms with Crippen LogP contribution in [0, 0.1) is 21.4 Å². The number of carbonyl (C=O) groups excluding carboxylic acids is 2. The van der Waals surface area contributed by atoms with Crippen LogP contribution in [0.2, 0.25) is 0 Å². The third kappa shape index (κ3) is 6.05. The lowest BCUT2D eigenvalue weighted by Crippen LogP contribution is -2.23. The molecule has 1 amide bonds. The van der Waals surface area contributed by atoms with Gasteiger partial charge in [0.2, 0.25) is 0 Å². The molecular formula is C25H19N3O6.